The number of rotatable bonds is 4. The molecule has 3 nitrogen and oxygen atoms in total. The van der Waals surface area contributed by atoms with E-state index in [1.807, 2.05) is 6.92 Å². The van der Waals surface area contributed by atoms with E-state index in [2.05, 4.69) is 12.2 Å². The van der Waals surface area contributed by atoms with Crippen molar-refractivity contribution in [3.05, 3.63) is 0 Å². The molecule has 1 heterocycles. The van der Waals surface area contributed by atoms with Crippen LogP contribution in [0.25, 0.3) is 0 Å². The zero-order valence-corrected chi connectivity index (χ0v) is 13.2. The highest BCUT2D eigenvalue weighted by atomic mass is 16.1. The number of carbonyl (C=O) groups is 2. The Morgan fingerprint density at radius 2 is 1.65 bits per heavy atom. The van der Waals surface area contributed by atoms with Crippen LogP contribution in [0.2, 0.25) is 0 Å². The van der Waals surface area contributed by atoms with E-state index in [1.165, 1.54) is 0 Å². The van der Waals surface area contributed by atoms with Crippen LogP contribution in [0, 0.1) is 11.8 Å². The van der Waals surface area contributed by atoms with Gasteiger partial charge in [-0.15, -0.1) is 0 Å². The number of carbonyl (C=O) groups excluding carboxylic acids is 2. The minimum absolute atomic E-state index is 0.0215. The normalized spacial score (nSPS) is 26.6. The van der Waals surface area contributed by atoms with Crippen LogP contribution in [-0.4, -0.2) is 24.7 Å². The molecule has 0 aromatic heterocycles. The van der Waals surface area contributed by atoms with Crippen molar-refractivity contribution in [2.24, 2.45) is 11.8 Å². The van der Waals surface area contributed by atoms with E-state index in [1.54, 1.807) is 0 Å². The zero-order valence-electron chi connectivity index (χ0n) is 13.2. The predicted molar refractivity (Wildman–Crippen MR) is 82.8 cm³/mol. The Hall–Kier alpha value is -0.700. The van der Waals surface area contributed by atoms with Crippen LogP contribution in [0.3, 0.4) is 0 Å². The van der Waals surface area contributed by atoms with Crippen LogP contribution >= 0.6 is 0 Å². The van der Waals surface area contributed by atoms with E-state index in [0.717, 1.165) is 58.0 Å². The molecule has 1 unspecified atom stereocenters. The topological polar surface area (TPSA) is 46.2 Å². The number of Topliss-reactive ketones (excluding diaryl/α,β-unsaturated/α-hetero) is 2. The molecule has 1 aliphatic heterocycles. The van der Waals surface area contributed by atoms with Crippen LogP contribution in [0.4, 0.5) is 0 Å². The van der Waals surface area contributed by atoms with E-state index in [9.17, 15) is 9.59 Å². The molecule has 0 bridgehead atoms. The smallest absolute Gasteiger partial charge is 0.139 e. The van der Waals surface area contributed by atoms with Crippen LogP contribution < -0.4 is 5.32 Å². The standard InChI is InChI=1S/C17H31NO2/c1-3-14-9-5-7-11-18-12-8-6-10-15(17(14)20)13-16(19)4-2/h14-15,18H,3-13H2,1-2H3/t14-,15?/m0/s1. The fourth-order valence-corrected chi connectivity index (χ4v) is 3.05. The van der Waals surface area contributed by atoms with Crippen molar-refractivity contribution >= 4 is 11.6 Å². The maximum absolute atomic E-state index is 12.7. The summed E-state index contributed by atoms with van der Waals surface area (Å²) in [6.07, 6.45) is 8.27. The number of hydrogen-bond acceptors (Lipinski definition) is 3. The molecule has 1 saturated heterocycles. The summed E-state index contributed by atoms with van der Waals surface area (Å²) < 4.78 is 0. The molecule has 0 amide bonds. The maximum Gasteiger partial charge on any atom is 0.139 e. The molecule has 1 aliphatic rings. The first-order valence-corrected chi connectivity index (χ1v) is 8.45. The van der Waals surface area contributed by atoms with E-state index in [-0.39, 0.29) is 17.6 Å². The summed E-state index contributed by atoms with van der Waals surface area (Å²) in [7, 11) is 0. The second-order valence-electron chi connectivity index (χ2n) is 6.04. The summed E-state index contributed by atoms with van der Waals surface area (Å²) in [4.78, 5) is 24.4. The zero-order chi connectivity index (χ0) is 14.8. The Morgan fingerprint density at radius 3 is 2.20 bits per heavy atom. The van der Waals surface area contributed by atoms with Gasteiger partial charge in [0.15, 0.2) is 0 Å². The van der Waals surface area contributed by atoms with E-state index in [4.69, 9.17) is 0 Å². The summed E-state index contributed by atoms with van der Waals surface area (Å²) in [5.41, 5.74) is 0. The van der Waals surface area contributed by atoms with Gasteiger partial charge in [-0.2, -0.15) is 0 Å². The lowest BCUT2D eigenvalue weighted by atomic mass is 9.82. The van der Waals surface area contributed by atoms with Gasteiger partial charge in [0.1, 0.15) is 11.6 Å². The molecule has 1 N–H and O–H groups in total. The van der Waals surface area contributed by atoms with Crippen molar-refractivity contribution < 1.29 is 9.59 Å². The third-order valence-corrected chi connectivity index (χ3v) is 4.48. The van der Waals surface area contributed by atoms with E-state index < -0.39 is 0 Å². The fourth-order valence-electron chi connectivity index (χ4n) is 3.05. The van der Waals surface area contributed by atoms with Gasteiger partial charge < -0.3 is 5.32 Å². The average Bonchev–Trinajstić information content (AvgIpc) is 2.45. The van der Waals surface area contributed by atoms with E-state index >= 15 is 0 Å². The SMILES string of the molecule is CCC(=O)CC1CCCCNCCCC[C@H](CC)C1=O. The largest absolute Gasteiger partial charge is 0.317 e. The lowest BCUT2D eigenvalue weighted by Gasteiger charge is -2.22. The van der Waals surface area contributed by atoms with Gasteiger partial charge in [-0.05, 0) is 45.2 Å². The van der Waals surface area contributed by atoms with Crippen LogP contribution in [0.5, 0.6) is 0 Å². The summed E-state index contributed by atoms with van der Waals surface area (Å²) in [5.74, 6) is 0.752. The summed E-state index contributed by atoms with van der Waals surface area (Å²) in [5, 5.41) is 3.46. The Bertz CT molecular complexity index is 301. The van der Waals surface area contributed by atoms with Gasteiger partial charge >= 0.3 is 0 Å². The molecule has 0 aromatic rings. The molecule has 3 heteroatoms. The molecule has 1 rings (SSSR count). The van der Waals surface area contributed by atoms with Crippen molar-refractivity contribution in [3.8, 4) is 0 Å². The van der Waals surface area contributed by atoms with Crippen LogP contribution in [0.15, 0.2) is 0 Å². The monoisotopic (exact) mass is 281 g/mol. The third-order valence-electron chi connectivity index (χ3n) is 4.48. The van der Waals surface area contributed by atoms with Gasteiger partial charge in [0.25, 0.3) is 0 Å². The van der Waals surface area contributed by atoms with Gasteiger partial charge in [-0.3, -0.25) is 9.59 Å². The third kappa shape index (κ3) is 6.17. The van der Waals surface area contributed by atoms with Crippen molar-refractivity contribution in [2.75, 3.05) is 13.1 Å². The van der Waals surface area contributed by atoms with E-state index in [0.29, 0.717) is 18.6 Å². The molecule has 116 valence electrons. The molecule has 1 fully saturated rings. The summed E-state index contributed by atoms with van der Waals surface area (Å²) in [6, 6.07) is 0. The molecule has 0 aliphatic carbocycles. The molecule has 0 spiro atoms. The summed E-state index contributed by atoms with van der Waals surface area (Å²) >= 11 is 0. The van der Waals surface area contributed by atoms with Gasteiger partial charge in [0, 0.05) is 24.7 Å². The minimum atomic E-state index is -0.0215. The molecule has 0 aromatic carbocycles. The Labute approximate surface area is 123 Å². The van der Waals surface area contributed by atoms with Crippen molar-refractivity contribution in [3.63, 3.8) is 0 Å². The minimum Gasteiger partial charge on any atom is -0.317 e. The Kier molecular flexibility index (Phi) is 8.75. The van der Waals surface area contributed by atoms with Crippen LogP contribution in [0.1, 0.15) is 71.6 Å². The molecule has 2 atom stereocenters. The second-order valence-corrected chi connectivity index (χ2v) is 6.04. The average molecular weight is 281 g/mol. The highest BCUT2D eigenvalue weighted by Gasteiger charge is 2.26. The van der Waals surface area contributed by atoms with Gasteiger partial charge in [-0.1, -0.05) is 26.7 Å². The lowest BCUT2D eigenvalue weighted by Crippen LogP contribution is -2.27. The number of hydrogen-bond donors (Lipinski definition) is 1. The van der Waals surface area contributed by atoms with Gasteiger partial charge in [0.05, 0.1) is 0 Å². The Morgan fingerprint density at radius 1 is 1.05 bits per heavy atom. The first-order chi connectivity index (χ1) is 9.69. The highest BCUT2D eigenvalue weighted by molar-refractivity contribution is 5.89. The number of ketones is 2. The number of nitrogens with one attached hydrogen (secondary N) is 1. The molecule has 0 radical (unpaired) electrons. The molecule has 0 saturated carbocycles. The van der Waals surface area contributed by atoms with Crippen LogP contribution in [-0.2, 0) is 9.59 Å². The molecular formula is C17H31NO2. The molecule has 20 heavy (non-hydrogen) atoms. The quantitative estimate of drug-likeness (QED) is 0.857. The van der Waals surface area contributed by atoms with Crippen molar-refractivity contribution in [1.29, 1.82) is 0 Å². The molecular weight excluding hydrogens is 250 g/mol. The van der Waals surface area contributed by atoms with Crippen molar-refractivity contribution in [2.45, 2.75) is 71.6 Å². The van der Waals surface area contributed by atoms with Gasteiger partial charge in [-0.25, -0.2) is 0 Å². The highest BCUT2D eigenvalue weighted by Crippen LogP contribution is 2.24. The predicted octanol–water partition coefficient (Wildman–Crippen LogP) is 3.51. The Balaban J connectivity index is 2.67. The summed E-state index contributed by atoms with van der Waals surface area (Å²) in [6.45, 7) is 6.11. The first-order valence-electron chi connectivity index (χ1n) is 8.45. The van der Waals surface area contributed by atoms with Crippen molar-refractivity contribution in [1.82, 2.24) is 5.32 Å². The first kappa shape index (κ1) is 17.4. The lowest BCUT2D eigenvalue weighted by molar-refractivity contribution is -0.131. The van der Waals surface area contributed by atoms with Gasteiger partial charge in [0.2, 0.25) is 0 Å². The maximum atomic E-state index is 12.7. The fraction of sp³-hybridized carbons (Fsp3) is 0.882. The second kappa shape index (κ2) is 10.1.